The monoisotopic (exact) mass is 313 g/mol. The molecule has 2 aliphatic rings. The fourth-order valence-electron chi connectivity index (χ4n) is 3.26. The molecule has 3 heterocycles. The van der Waals surface area contributed by atoms with E-state index in [2.05, 4.69) is 15.0 Å². The van der Waals surface area contributed by atoms with Gasteiger partial charge in [-0.15, -0.1) is 0 Å². The maximum absolute atomic E-state index is 14.3. The molecule has 0 unspecified atom stereocenters. The Balaban J connectivity index is 1.77. The van der Waals surface area contributed by atoms with Gasteiger partial charge >= 0.3 is 0 Å². The second kappa shape index (κ2) is 5.19. The highest BCUT2D eigenvalue weighted by molar-refractivity contribution is 5.90. The van der Waals surface area contributed by atoms with E-state index in [1.165, 1.54) is 6.26 Å². The van der Waals surface area contributed by atoms with Crippen LogP contribution in [0.4, 0.5) is 4.39 Å². The van der Waals surface area contributed by atoms with Crippen molar-refractivity contribution in [3.8, 4) is 0 Å². The van der Waals surface area contributed by atoms with Gasteiger partial charge in [0, 0.05) is 23.9 Å². The van der Waals surface area contributed by atoms with Crippen LogP contribution in [0.2, 0.25) is 0 Å². The number of allylic oxidation sites excluding steroid dienone is 1. The van der Waals surface area contributed by atoms with E-state index in [1.54, 1.807) is 24.5 Å². The van der Waals surface area contributed by atoms with Gasteiger partial charge in [-0.2, -0.15) is 0 Å². The molecule has 0 radical (unpaired) electrons. The number of rotatable bonds is 2. The lowest BCUT2D eigenvalue weighted by Gasteiger charge is -2.34. The number of oxazole rings is 1. The minimum Gasteiger partial charge on any atom is -0.443 e. The molecule has 0 fully saturated rings. The standard InChI is InChI=1S/C16H16FN5O/c1-9-14(16-20-5-6-23-16)21-13(18)8-22(9)12-7-11(17)10-3-2-4-19-15(10)12/h2-6,11-12H,7-8H2,1H3,(H2,18,21)/t11-,12+/m0/s1. The first-order chi connectivity index (χ1) is 11.1. The SMILES string of the molecule is CC1=C(c2ncco2)N=C(N)CN1[C@@H]1C[C@H](F)c2cccnc21. The van der Waals surface area contributed by atoms with E-state index in [0.717, 1.165) is 11.4 Å². The molecule has 0 bridgehead atoms. The summed E-state index contributed by atoms with van der Waals surface area (Å²) in [7, 11) is 0. The summed E-state index contributed by atoms with van der Waals surface area (Å²) in [5, 5.41) is 0. The number of alkyl halides is 1. The molecule has 0 saturated carbocycles. The zero-order valence-electron chi connectivity index (χ0n) is 12.6. The van der Waals surface area contributed by atoms with Gasteiger partial charge in [0.2, 0.25) is 5.89 Å². The zero-order valence-corrected chi connectivity index (χ0v) is 12.6. The minimum absolute atomic E-state index is 0.166. The highest BCUT2D eigenvalue weighted by Crippen LogP contribution is 2.45. The minimum atomic E-state index is -1.01. The Morgan fingerprint density at radius 1 is 1.35 bits per heavy atom. The van der Waals surface area contributed by atoms with Crippen LogP contribution >= 0.6 is 0 Å². The smallest absolute Gasteiger partial charge is 0.246 e. The number of fused-ring (bicyclic) bond motifs is 1. The Morgan fingerprint density at radius 3 is 3.00 bits per heavy atom. The van der Waals surface area contributed by atoms with E-state index in [4.69, 9.17) is 10.2 Å². The molecule has 1 aliphatic heterocycles. The summed E-state index contributed by atoms with van der Waals surface area (Å²) in [4.78, 5) is 14.9. The van der Waals surface area contributed by atoms with Crippen molar-refractivity contribution >= 4 is 11.5 Å². The number of hydrogen-bond donors (Lipinski definition) is 1. The van der Waals surface area contributed by atoms with Crippen LogP contribution in [0.5, 0.6) is 0 Å². The van der Waals surface area contributed by atoms with Crippen LogP contribution in [0.3, 0.4) is 0 Å². The normalized spacial score (nSPS) is 23.9. The predicted octanol–water partition coefficient (Wildman–Crippen LogP) is 2.59. The molecule has 0 saturated heterocycles. The van der Waals surface area contributed by atoms with Crippen LogP contribution < -0.4 is 5.73 Å². The van der Waals surface area contributed by atoms with E-state index in [9.17, 15) is 4.39 Å². The number of pyridine rings is 1. The molecular formula is C16H16FN5O. The highest BCUT2D eigenvalue weighted by Gasteiger charge is 2.38. The third kappa shape index (κ3) is 2.19. The second-order valence-electron chi connectivity index (χ2n) is 5.70. The average molecular weight is 313 g/mol. The van der Waals surface area contributed by atoms with Crippen LogP contribution in [0.25, 0.3) is 5.70 Å². The summed E-state index contributed by atoms with van der Waals surface area (Å²) in [6, 6.07) is 3.39. The number of aliphatic imine (C=N–C) groups is 1. The Bertz CT molecular complexity index is 799. The van der Waals surface area contributed by atoms with Crippen molar-refractivity contribution in [1.29, 1.82) is 0 Å². The van der Waals surface area contributed by atoms with Crippen LogP contribution in [0, 0.1) is 0 Å². The topological polar surface area (TPSA) is 80.5 Å². The highest BCUT2D eigenvalue weighted by atomic mass is 19.1. The predicted molar refractivity (Wildman–Crippen MR) is 82.9 cm³/mol. The van der Waals surface area contributed by atoms with Gasteiger partial charge in [-0.3, -0.25) is 4.98 Å². The summed E-state index contributed by atoms with van der Waals surface area (Å²) in [6.07, 6.45) is 4.09. The number of amidine groups is 1. The van der Waals surface area contributed by atoms with Crippen LogP contribution in [-0.2, 0) is 0 Å². The van der Waals surface area contributed by atoms with Crippen molar-refractivity contribution in [3.63, 3.8) is 0 Å². The van der Waals surface area contributed by atoms with Crippen molar-refractivity contribution in [2.75, 3.05) is 6.54 Å². The molecule has 4 rings (SSSR count). The van der Waals surface area contributed by atoms with Crippen molar-refractivity contribution in [2.45, 2.75) is 25.6 Å². The van der Waals surface area contributed by atoms with Gasteiger partial charge in [0.1, 0.15) is 24.0 Å². The molecule has 2 aromatic heterocycles. The van der Waals surface area contributed by atoms with E-state index in [-0.39, 0.29) is 6.04 Å². The summed E-state index contributed by atoms with van der Waals surface area (Å²) < 4.78 is 19.7. The summed E-state index contributed by atoms with van der Waals surface area (Å²) in [5.74, 6) is 0.856. The lowest BCUT2D eigenvalue weighted by molar-refractivity contribution is 0.231. The Morgan fingerprint density at radius 2 is 2.22 bits per heavy atom. The lowest BCUT2D eigenvalue weighted by Crippen LogP contribution is -2.38. The average Bonchev–Trinajstić information content (AvgIpc) is 3.18. The molecular weight excluding hydrogens is 297 g/mol. The number of aromatic nitrogens is 2. The van der Waals surface area contributed by atoms with E-state index in [1.807, 2.05) is 11.8 Å². The third-order valence-corrected chi connectivity index (χ3v) is 4.33. The van der Waals surface area contributed by atoms with Crippen molar-refractivity contribution in [1.82, 2.24) is 14.9 Å². The molecule has 2 atom stereocenters. The van der Waals surface area contributed by atoms with Gasteiger partial charge < -0.3 is 15.1 Å². The quantitative estimate of drug-likeness (QED) is 0.921. The maximum Gasteiger partial charge on any atom is 0.246 e. The van der Waals surface area contributed by atoms with Gasteiger partial charge in [0.25, 0.3) is 0 Å². The molecule has 2 aromatic rings. The molecule has 23 heavy (non-hydrogen) atoms. The molecule has 6 nitrogen and oxygen atoms in total. The summed E-state index contributed by atoms with van der Waals surface area (Å²) in [6.45, 7) is 2.35. The summed E-state index contributed by atoms with van der Waals surface area (Å²) >= 11 is 0. The summed E-state index contributed by atoms with van der Waals surface area (Å²) in [5.41, 5.74) is 8.86. The number of nitrogens with two attached hydrogens (primary N) is 1. The molecule has 1 aliphatic carbocycles. The Kier molecular flexibility index (Phi) is 3.14. The van der Waals surface area contributed by atoms with E-state index < -0.39 is 6.17 Å². The van der Waals surface area contributed by atoms with Crippen molar-refractivity contribution in [2.24, 2.45) is 10.7 Å². The fourth-order valence-corrected chi connectivity index (χ4v) is 3.26. The first-order valence-electron chi connectivity index (χ1n) is 7.44. The Hall–Kier alpha value is -2.70. The number of halogens is 1. The molecule has 118 valence electrons. The number of hydrogen-bond acceptors (Lipinski definition) is 6. The molecule has 2 N–H and O–H groups in total. The van der Waals surface area contributed by atoms with Gasteiger partial charge in [0.05, 0.1) is 24.5 Å². The van der Waals surface area contributed by atoms with Gasteiger partial charge in [0.15, 0.2) is 0 Å². The fraction of sp³-hybridized carbons (Fsp3) is 0.312. The van der Waals surface area contributed by atoms with Crippen LogP contribution in [0.15, 0.2) is 45.9 Å². The third-order valence-electron chi connectivity index (χ3n) is 4.33. The first-order valence-corrected chi connectivity index (χ1v) is 7.44. The molecule has 0 aromatic carbocycles. The lowest BCUT2D eigenvalue weighted by atomic mass is 10.1. The first kappa shape index (κ1) is 13.9. The Labute approximate surface area is 132 Å². The van der Waals surface area contributed by atoms with Crippen LogP contribution in [-0.4, -0.2) is 27.2 Å². The number of nitrogens with zero attached hydrogens (tertiary/aromatic N) is 4. The van der Waals surface area contributed by atoms with Crippen molar-refractivity contribution < 1.29 is 8.81 Å². The van der Waals surface area contributed by atoms with E-state index >= 15 is 0 Å². The molecule has 0 spiro atoms. The molecule has 0 amide bonds. The van der Waals surface area contributed by atoms with Gasteiger partial charge in [-0.1, -0.05) is 6.07 Å². The van der Waals surface area contributed by atoms with E-state index in [0.29, 0.717) is 36.0 Å². The molecule has 7 heteroatoms. The van der Waals surface area contributed by atoms with Gasteiger partial charge in [-0.25, -0.2) is 14.4 Å². The second-order valence-corrected chi connectivity index (χ2v) is 5.70. The van der Waals surface area contributed by atoms with Crippen LogP contribution in [0.1, 0.15) is 42.7 Å². The van der Waals surface area contributed by atoms with Gasteiger partial charge in [-0.05, 0) is 13.0 Å². The van der Waals surface area contributed by atoms with Crippen molar-refractivity contribution in [3.05, 3.63) is 53.6 Å². The zero-order chi connectivity index (χ0) is 16.0. The largest absolute Gasteiger partial charge is 0.443 e. The maximum atomic E-state index is 14.3.